The Morgan fingerprint density at radius 3 is 1.14 bits per heavy atom. The van der Waals surface area contributed by atoms with E-state index in [2.05, 4.69) is 270 Å². The van der Waals surface area contributed by atoms with E-state index in [1.165, 1.54) is 95.9 Å². The third kappa shape index (κ3) is 7.29. The first-order valence-electron chi connectivity index (χ1n) is 24.9. The van der Waals surface area contributed by atoms with Gasteiger partial charge in [-0.15, -0.1) is 11.3 Å². The van der Waals surface area contributed by atoms with Crippen LogP contribution in [0.4, 0.5) is 34.1 Å². The van der Waals surface area contributed by atoms with Gasteiger partial charge in [0, 0.05) is 59.7 Å². The van der Waals surface area contributed by atoms with Gasteiger partial charge in [-0.3, -0.25) is 0 Å². The summed E-state index contributed by atoms with van der Waals surface area (Å²) in [6, 6.07) is 82.0. The van der Waals surface area contributed by atoms with Crippen molar-refractivity contribution in [2.75, 3.05) is 9.80 Å². The highest BCUT2D eigenvalue weighted by molar-refractivity contribution is 7.27. The molecule has 12 aromatic carbocycles. The lowest BCUT2D eigenvalue weighted by atomic mass is 9.87. The summed E-state index contributed by atoms with van der Waals surface area (Å²) in [5.74, 6) is 0. The van der Waals surface area contributed by atoms with Crippen LogP contribution in [0.3, 0.4) is 0 Å². The number of fused-ring (bicyclic) bond motifs is 14. The predicted octanol–water partition coefficient (Wildman–Crippen LogP) is 20.5. The van der Waals surface area contributed by atoms with Gasteiger partial charge in [0.2, 0.25) is 0 Å². The molecular formula is C68H54N2S. The summed E-state index contributed by atoms with van der Waals surface area (Å²) in [4.78, 5) is 4.89. The molecule has 0 spiro atoms. The van der Waals surface area contributed by atoms with Crippen LogP contribution in [0.15, 0.2) is 218 Å². The quantitative estimate of drug-likeness (QED) is 0.153. The van der Waals surface area contributed by atoms with Crippen LogP contribution in [0.2, 0.25) is 0 Å². The van der Waals surface area contributed by atoms with Crippen molar-refractivity contribution in [1.82, 2.24) is 0 Å². The fourth-order valence-electron chi connectivity index (χ4n) is 11.1. The molecule has 2 nitrogen and oxygen atoms in total. The maximum Gasteiger partial charge on any atom is 0.0476 e. The molecule has 0 aliphatic rings. The molecule has 0 fully saturated rings. The van der Waals surface area contributed by atoms with E-state index in [1.54, 1.807) is 0 Å². The van der Waals surface area contributed by atoms with Gasteiger partial charge in [-0.25, -0.2) is 0 Å². The summed E-state index contributed by atoms with van der Waals surface area (Å²) < 4.78 is 2.58. The van der Waals surface area contributed by atoms with Crippen LogP contribution in [0.25, 0.3) is 84.8 Å². The van der Waals surface area contributed by atoms with Crippen LogP contribution < -0.4 is 9.80 Å². The van der Waals surface area contributed by atoms with Crippen LogP contribution in [0.5, 0.6) is 0 Å². The van der Waals surface area contributed by atoms with Crippen molar-refractivity contribution in [2.45, 2.75) is 52.4 Å². The maximum atomic E-state index is 2.45. The monoisotopic (exact) mass is 930 g/mol. The Hall–Kier alpha value is -7.98. The Kier molecular flexibility index (Phi) is 9.89. The molecule has 13 rings (SSSR count). The summed E-state index contributed by atoms with van der Waals surface area (Å²) in [5, 5.41) is 17.7. The molecule has 0 atom stereocenters. The van der Waals surface area contributed by atoms with Gasteiger partial charge in [-0.05, 0) is 154 Å². The zero-order valence-electron chi connectivity index (χ0n) is 41.1. The number of benzene rings is 12. The van der Waals surface area contributed by atoms with Gasteiger partial charge in [-0.1, -0.05) is 187 Å². The molecule has 0 N–H and O–H groups in total. The largest absolute Gasteiger partial charge is 0.310 e. The van der Waals surface area contributed by atoms with Crippen LogP contribution in [-0.2, 0) is 10.8 Å². The van der Waals surface area contributed by atoms with Gasteiger partial charge in [-0.2, -0.15) is 0 Å². The smallest absolute Gasteiger partial charge is 0.0476 e. The second kappa shape index (κ2) is 16.3. The van der Waals surface area contributed by atoms with Crippen molar-refractivity contribution < 1.29 is 0 Å². The summed E-state index contributed by atoms with van der Waals surface area (Å²) in [7, 11) is 0. The molecule has 3 heteroatoms. The molecule has 0 aliphatic carbocycles. The van der Waals surface area contributed by atoms with Gasteiger partial charge >= 0.3 is 0 Å². The van der Waals surface area contributed by atoms with Crippen molar-refractivity contribution in [3.05, 3.63) is 230 Å². The molecular weight excluding hydrogens is 877 g/mol. The number of anilines is 6. The molecule has 0 aliphatic heterocycles. The minimum atomic E-state index is 0.0469. The third-order valence-electron chi connectivity index (χ3n) is 14.9. The normalized spacial score (nSPS) is 12.4. The molecule has 1 aromatic heterocycles. The summed E-state index contributed by atoms with van der Waals surface area (Å²) in [6.45, 7) is 13.7. The Balaban J connectivity index is 0.998. The average Bonchev–Trinajstić information content (AvgIpc) is 3.78. The highest BCUT2D eigenvalue weighted by Crippen LogP contribution is 2.49. The molecule has 342 valence electrons. The van der Waals surface area contributed by atoms with Crippen LogP contribution >= 0.6 is 11.3 Å². The Morgan fingerprint density at radius 2 is 0.648 bits per heavy atom. The Morgan fingerprint density at radius 1 is 0.282 bits per heavy atom. The predicted molar refractivity (Wildman–Crippen MR) is 311 cm³/mol. The van der Waals surface area contributed by atoms with E-state index in [1.807, 2.05) is 11.3 Å². The first-order chi connectivity index (χ1) is 34.4. The first-order valence-corrected chi connectivity index (χ1v) is 25.7. The third-order valence-corrected chi connectivity index (χ3v) is 16.1. The molecule has 0 bridgehead atoms. The van der Waals surface area contributed by atoms with Gasteiger partial charge in [0.15, 0.2) is 0 Å². The minimum Gasteiger partial charge on any atom is -0.310 e. The lowest BCUT2D eigenvalue weighted by Crippen LogP contribution is -2.13. The first kappa shape index (κ1) is 43.1. The van der Waals surface area contributed by atoms with Gasteiger partial charge in [0.05, 0.1) is 0 Å². The molecule has 0 radical (unpaired) electrons. The second-order valence-corrected chi connectivity index (χ2v) is 22.5. The SMILES string of the molecule is CC(C)(C)c1ccc(N(c2ccc3c(c2)sc2c4ccc(N(c5ccc(C(C)(C)C)cc5)c5ccc6ccc7ccccc7c6c5)cc4c4ccccc4c32)c2ccc3ccc4ccccc4c3c2)cc1. The van der Waals surface area contributed by atoms with E-state index < -0.39 is 0 Å². The van der Waals surface area contributed by atoms with Gasteiger partial charge < -0.3 is 9.80 Å². The molecule has 0 unspecified atom stereocenters. The van der Waals surface area contributed by atoms with E-state index in [9.17, 15) is 0 Å². The fraction of sp³-hybridized carbons (Fsp3) is 0.118. The van der Waals surface area contributed by atoms with E-state index >= 15 is 0 Å². The van der Waals surface area contributed by atoms with Crippen molar-refractivity contribution in [3.8, 4) is 0 Å². The summed E-state index contributed by atoms with van der Waals surface area (Å²) >= 11 is 1.91. The Bertz CT molecular complexity index is 4240. The van der Waals surface area contributed by atoms with E-state index in [4.69, 9.17) is 0 Å². The summed E-state index contributed by atoms with van der Waals surface area (Å²) in [5.41, 5.74) is 9.54. The molecule has 0 amide bonds. The van der Waals surface area contributed by atoms with Crippen molar-refractivity contribution in [3.63, 3.8) is 0 Å². The van der Waals surface area contributed by atoms with Crippen LogP contribution in [0, 0.1) is 0 Å². The average molecular weight is 931 g/mol. The zero-order chi connectivity index (χ0) is 48.2. The number of rotatable bonds is 6. The van der Waals surface area contributed by atoms with E-state index in [0.29, 0.717) is 0 Å². The van der Waals surface area contributed by atoms with Crippen molar-refractivity contribution in [2.24, 2.45) is 0 Å². The highest BCUT2D eigenvalue weighted by atomic mass is 32.1. The number of thiophene rings is 1. The molecule has 1 heterocycles. The molecule has 71 heavy (non-hydrogen) atoms. The van der Waals surface area contributed by atoms with E-state index in [-0.39, 0.29) is 10.8 Å². The lowest BCUT2D eigenvalue weighted by molar-refractivity contribution is 0.590. The second-order valence-electron chi connectivity index (χ2n) is 21.4. The maximum absolute atomic E-state index is 2.45. The molecule has 13 aromatic rings. The number of nitrogens with zero attached hydrogens (tertiary/aromatic N) is 2. The standard InChI is InChI=1S/C68H54N2S/c1-67(2,3)47-25-31-49(32-26-47)69(51-29-23-45-21-19-43-13-7-9-15-55(43)61(45)39-51)53-35-37-59-63(41-53)57-17-11-12-18-58(57)65-60-38-36-54(42-64(60)71-66(59)65)70(50-33-27-48(28-34-50)68(4,5)6)52-30-24-46-22-20-44-14-8-10-16-56(44)62(46)40-52/h7-42H,1-6H3. The topological polar surface area (TPSA) is 6.48 Å². The minimum absolute atomic E-state index is 0.0469. The number of hydrogen-bond donors (Lipinski definition) is 0. The number of hydrogen-bond acceptors (Lipinski definition) is 3. The Labute approximate surface area is 419 Å². The molecule has 0 saturated carbocycles. The van der Waals surface area contributed by atoms with Crippen LogP contribution in [-0.4, -0.2) is 0 Å². The summed E-state index contributed by atoms with van der Waals surface area (Å²) in [6.07, 6.45) is 0. The lowest BCUT2D eigenvalue weighted by Gasteiger charge is -2.28. The van der Waals surface area contributed by atoms with Crippen molar-refractivity contribution >= 4 is 130 Å². The van der Waals surface area contributed by atoms with E-state index in [0.717, 1.165) is 34.1 Å². The molecule has 0 saturated heterocycles. The van der Waals surface area contributed by atoms with Gasteiger partial charge in [0.1, 0.15) is 0 Å². The van der Waals surface area contributed by atoms with Crippen molar-refractivity contribution in [1.29, 1.82) is 0 Å². The van der Waals surface area contributed by atoms with Crippen LogP contribution in [0.1, 0.15) is 52.7 Å². The highest BCUT2D eigenvalue weighted by Gasteiger charge is 2.23. The van der Waals surface area contributed by atoms with Gasteiger partial charge in [0.25, 0.3) is 0 Å². The fourth-order valence-corrected chi connectivity index (χ4v) is 12.4. The zero-order valence-corrected chi connectivity index (χ0v) is 41.9.